The first-order chi connectivity index (χ1) is 11.7. The van der Waals surface area contributed by atoms with Crippen molar-refractivity contribution in [1.29, 1.82) is 0 Å². The van der Waals surface area contributed by atoms with Gasteiger partial charge in [-0.3, -0.25) is 4.99 Å². The number of halogens is 1. The van der Waals surface area contributed by atoms with Crippen LogP contribution in [0.5, 0.6) is 0 Å². The zero-order valence-corrected chi connectivity index (χ0v) is 15.9. The summed E-state index contributed by atoms with van der Waals surface area (Å²) in [5, 5.41) is 7.48. The number of nitrogens with zero attached hydrogens (tertiary/aromatic N) is 2. The van der Waals surface area contributed by atoms with Crippen LogP contribution in [0.3, 0.4) is 0 Å². The second-order valence-electron chi connectivity index (χ2n) is 5.81. The first kappa shape index (κ1) is 20.7. The molecule has 0 aliphatic rings. The van der Waals surface area contributed by atoms with Crippen molar-refractivity contribution in [2.75, 3.05) is 54.0 Å². The normalized spacial score (nSPS) is 11.8. The molecule has 0 fully saturated rings. The Hall–Kier alpha value is -1.30. The summed E-state index contributed by atoms with van der Waals surface area (Å²) in [4.78, 5) is 6.55. The summed E-state index contributed by atoms with van der Waals surface area (Å²) in [6.45, 7) is 4.61. The largest absolute Gasteiger partial charge is 0.385 e. The van der Waals surface area contributed by atoms with Crippen molar-refractivity contribution in [3.8, 4) is 0 Å². The number of nitrogens with one attached hydrogen (secondary N) is 2. The third-order valence-electron chi connectivity index (χ3n) is 3.75. The van der Waals surface area contributed by atoms with Gasteiger partial charge in [0.25, 0.3) is 0 Å². The van der Waals surface area contributed by atoms with Crippen molar-refractivity contribution in [2.24, 2.45) is 4.99 Å². The average molecular weight is 355 g/mol. The Morgan fingerprint density at radius 3 is 2.50 bits per heavy atom. The molecule has 0 bridgehead atoms. The summed E-state index contributed by atoms with van der Waals surface area (Å²) in [7, 11) is 5.67. The number of hydrogen-bond donors (Lipinski definition) is 2. The van der Waals surface area contributed by atoms with Crippen LogP contribution >= 0.6 is 11.6 Å². The highest BCUT2D eigenvalue weighted by Crippen LogP contribution is 2.10. The maximum atomic E-state index is 5.89. The number of likely N-dealkylation sites (N-methyl/N-ethyl adjacent to an activating group) is 1. The first-order valence-corrected chi connectivity index (χ1v) is 8.90. The molecule has 2 N–H and O–H groups in total. The van der Waals surface area contributed by atoms with Crippen LogP contribution < -0.4 is 10.6 Å². The van der Waals surface area contributed by atoms with E-state index in [9.17, 15) is 0 Å². The minimum Gasteiger partial charge on any atom is -0.385 e. The van der Waals surface area contributed by atoms with E-state index in [4.69, 9.17) is 16.3 Å². The molecule has 0 heterocycles. The van der Waals surface area contributed by atoms with E-state index in [1.54, 1.807) is 14.2 Å². The van der Waals surface area contributed by atoms with Gasteiger partial charge in [-0.25, -0.2) is 0 Å². The SMILES string of the molecule is CN=C(NCCCc1ccc(Cl)cc1)NCCN(C)CCCOC. The van der Waals surface area contributed by atoms with E-state index in [1.807, 2.05) is 12.1 Å². The van der Waals surface area contributed by atoms with E-state index >= 15 is 0 Å². The number of guanidine groups is 1. The third kappa shape index (κ3) is 9.75. The van der Waals surface area contributed by atoms with E-state index in [2.05, 4.69) is 39.7 Å². The van der Waals surface area contributed by atoms with E-state index in [0.29, 0.717) is 0 Å². The van der Waals surface area contributed by atoms with Gasteiger partial charge in [0.05, 0.1) is 0 Å². The molecule has 24 heavy (non-hydrogen) atoms. The van der Waals surface area contributed by atoms with Gasteiger partial charge in [-0.15, -0.1) is 0 Å². The maximum absolute atomic E-state index is 5.89. The standard InChI is InChI=1S/C18H31ClN4O/c1-20-18(22-12-14-23(2)13-5-15-24-3)21-11-4-6-16-7-9-17(19)10-8-16/h7-10H,4-6,11-15H2,1-3H3,(H2,20,21,22). The summed E-state index contributed by atoms with van der Waals surface area (Å²) in [5.41, 5.74) is 1.31. The first-order valence-electron chi connectivity index (χ1n) is 8.52. The molecule has 0 aromatic heterocycles. The zero-order valence-electron chi connectivity index (χ0n) is 15.1. The monoisotopic (exact) mass is 354 g/mol. The number of rotatable bonds is 11. The lowest BCUT2D eigenvalue weighted by Crippen LogP contribution is -2.41. The molecule has 0 radical (unpaired) electrons. The molecule has 0 saturated carbocycles. The fraction of sp³-hybridized carbons (Fsp3) is 0.611. The molecular formula is C18H31ClN4O. The number of ether oxygens (including phenoxy) is 1. The molecule has 0 saturated heterocycles. The van der Waals surface area contributed by atoms with E-state index in [-0.39, 0.29) is 0 Å². The van der Waals surface area contributed by atoms with Crippen LogP contribution in [0.15, 0.2) is 29.3 Å². The molecule has 0 aliphatic carbocycles. The molecule has 1 aromatic carbocycles. The number of aryl methyl sites for hydroxylation is 1. The van der Waals surface area contributed by atoms with Crippen molar-refractivity contribution in [3.05, 3.63) is 34.9 Å². The molecule has 1 rings (SSSR count). The molecule has 0 atom stereocenters. The van der Waals surface area contributed by atoms with Gasteiger partial charge in [0.2, 0.25) is 0 Å². The molecule has 136 valence electrons. The van der Waals surface area contributed by atoms with Crippen LogP contribution in [-0.2, 0) is 11.2 Å². The van der Waals surface area contributed by atoms with Crippen LogP contribution in [0.25, 0.3) is 0 Å². The Balaban J connectivity index is 2.11. The van der Waals surface area contributed by atoms with Crippen LogP contribution in [0.2, 0.25) is 5.02 Å². The Morgan fingerprint density at radius 2 is 1.83 bits per heavy atom. The van der Waals surface area contributed by atoms with Gasteiger partial charge in [-0.05, 0) is 44.0 Å². The fourth-order valence-corrected chi connectivity index (χ4v) is 2.45. The Labute approximate surface area is 151 Å². The zero-order chi connectivity index (χ0) is 17.6. The summed E-state index contributed by atoms with van der Waals surface area (Å²) < 4.78 is 5.07. The smallest absolute Gasteiger partial charge is 0.191 e. The minimum absolute atomic E-state index is 0.786. The van der Waals surface area contributed by atoms with Gasteiger partial charge < -0.3 is 20.3 Å². The van der Waals surface area contributed by atoms with Crippen molar-refractivity contribution in [3.63, 3.8) is 0 Å². The van der Waals surface area contributed by atoms with Gasteiger partial charge in [0, 0.05) is 52.0 Å². The molecule has 1 aromatic rings. The molecule has 0 spiro atoms. The number of aliphatic imine (C=N–C) groups is 1. The highest BCUT2D eigenvalue weighted by atomic mass is 35.5. The lowest BCUT2D eigenvalue weighted by Gasteiger charge is -2.18. The van der Waals surface area contributed by atoms with Crippen molar-refractivity contribution >= 4 is 17.6 Å². The van der Waals surface area contributed by atoms with Crippen LogP contribution in [0.4, 0.5) is 0 Å². The van der Waals surface area contributed by atoms with Crippen LogP contribution in [0, 0.1) is 0 Å². The lowest BCUT2D eigenvalue weighted by molar-refractivity contribution is 0.180. The second kappa shape index (κ2) is 13.0. The topological polar surface area (TPSA) is 48.9 Å². The van der Waals surface area contributed by atoms with Gasteiger partial charge in [-0.2, -0.15) is 0 Å². The van der Waals surface area contributed by atoms with Gasteiger partial charge >= 0.3 is 0 Å². The second-order valence-corrected chi connectivity index (χ2v) is 6.24. The highest BCUT2D eigenvalue weighted by Gasteiger charge is 2.00. The summed E-state index contributed by atoms with van der Waals surface area (Å²) >= 11 is 5.89. The fourth-order valence-electron chi connectivity index (χ4n) is 2.33. The van der Waals surface area contributed by atoms with Crippen LogP contribution in [-0.4, -0.2) is 64.9 Å². The van der Waals surface area contributed by atoms with Gasteiger partial charge in [0.15, 0.2) is 5.96 Å². The summed E-state index contributed by atoms with van der Waals surface area (Å²) in [6, 6.07) is 8.03. The van der Waals surface area contributed by atoms with Gasteiger partial charge in [-0.1, -0.05) is 23.7 Å². The quantitative estimate of drug-likeness (QED) is 0.364. The molecule has 0 amide bonds. The van der Waals surface area contributed by atoms with Crippen LogP contribution in [0.1, 0.15) is 18.4 Å². The molecular weight excluding hydrogens is 324 g/mol. The van der Waals surface area contributed by atoms with E-state index in [1.165, 1.54) is 5.56 Å². The number of methoxy groups -OCH3 is 1. The predicted molar refractivity (Wildman–Crippen MR) is 103 cm³/mol. The Kier molecular flexibility index (Phi) is 11.3. The Morgan fingerprint density at radius 1 is 1.12 bits per heavy atom. The molecule has 0 unspecified atom stereocenters. The Bertz CT molecular complexity index is 465. The van der Waals surface area contributed by atoms with Crippen molar-refractivity contribution < 1.29 is 4.74 Å². The predicted octanol–water partition coefficient (Wildman–Crippen LogP) is 2.41. The number of hydrogen-bond acceptors (Lipinski definition) is 3. The summed E-state index contributed by atoms with van der Waals surface area (Å²) in [5.74, 6) is 0.858. The number of benzene rings is 1. The van der Waals surface area contributed by atoms with E-state index in [0.717, 1.165) is 63.0 Å². The maximum Gasteiger partial charge on any atom is 0.191 e. The van der Waals surface area contributed by atoms with E-state index < -0.39 is 0 Å². The highest BCUT2D eigenvalue weighted by molar-refractivity contribution is 6.30. The van der Waals surface area contributed by atoms with Crippen molar-refractivity contribution in [2.45, 2.75) is 19.3 Å². The minimum atomic E-state index is 0.786. The molecule has 5 nitrogen and oxygen atoms in total. The third-order valence-corrected chi connectivity index (χ3v) is 4.00. The molecule has 0 aliphatic heterocycles. The lowest BCUT2D eigenvalue weighted by atomic mass is 10.1. The molecule has 6 heteroatoms. The van der Waals surface area contributed by atoms with Gasteiger partial charge in [0.1, 0.15) is 0 Å². The summed E-state index contributed by atoms with van der Waals surface area (Å²) in [6.07, 6.45) is 3.15. The van der Waals surface area contributed by atoms with Crippen molar-refractivity contribution in [1.82, 2.24) is 15.5 Å². The average Bonchev–Trinajstić information content (AvgIpc) is 2.59.